The van der Waals surface area contributed by atoms with Gasteiger partial charge in [0.25, 0.3) is 0 Å². The van der Waals surface area contributed by atoms with E-state index < -0.39 is 0 Å². The zero-order valence-electron chi connectivity index (χ0n) is 10.4. The van der Waals surface area contributed by atoms with Gasteiger partial charge in [-0.05, 0) is 18.9 Å². The molecule has 1 unspecified atom stereocenters. The molecule has 6 heteroatoms. The zero-order valence-corrected chi connectivity index (χ0v) is 10.4. The van der Waals surface area contributed by atoms with Crippen molar-refractivity contribution in [3.8, 4) is 0 Å². The molecule has 2 heterocycles. The largest absolute Gasteiger partial charge is 0.276 e. The van der Waals surface area contributed by atoms with Crippen LogP contribution in [0.25, 0.3) is 0 Å². The summed E-state index contributed by atoms with van der Waals surface area (Å²) in [5.41, 5.74) is 6.11. The smallest absolute Gasteiger partial charge is 0.0642 e. The molecule has 92 valence electrons. The van der Waals surface area contributed by atoms with Gasteiger partial charge in [-0.1, -0.05) is 0 Å². The van der Waals surface area contributed by atoms with Crippen molar-refractivity contribution >= 4 is 0 Å². The van der Waals surface area contributed by atoms with Crippen LogP contribution >= 0.6 is 0 Å². The molecular weight excluding hydrogens is 216 g/mol. The number of nitrogens with one attached hydrogen (secondary N) is 1. The molecule has 1 atom stereocenters. The van der Waals surface area contributed by atoms with E-state index in [1.807, 2.05) is 39.6 Å². The molecule has 17 heavy (non-hydrogen) atoms. The van der Waals surface area contributed by atoms with Crippen LogP contribution in [0.4, 0.5) is 0 Å². The second-order valence-electron chi connectivity index (χ2n) is 4.29. The predicted molar refractivity (Wildman–Crippen MR) is 64.9 cm³/mol. The molecule has 0 aromatic carbocycles. The highest BCUT2D eigenvalue weighted by molar-refractivity contribution is 5.22. The van der Waals surface area contributed by atoms with Crippen molar-refractivity contribution in [2.24, 2.45) is 19.9 Å². The standard InChI is InChI=1S/C11H18N6/c1-8-10(7-17(3)15-8)11(14-12)4-9-5-13-16(2)6-9/h5-7,11,14H,4,12H2,1-3H3. The van der Waals surface area contributed by atoms with Crippen LogP contribution in [0.5, 0.6) is 0 Å². The molecule has 2 rings (SSSR count). The highest BCUT2D eigenvalue weighted by atomic mass is 15.3. The minimum atomic E-state index is 0.0629. The van der Waals surface area contributed by atoms with Crippen LogP contribution in [0.15, 0.2) is 18.6 Å². The van der Waals surface area contributed by atoms with Gasteiger partial charge in [-0.15, -0.1) is 0 Å². The summed E-state index contributed by atoms with van der Waals surface area (Å²) >= 11 is 0. The lowest BCUT2D eigenvalue weighted by Crippen LogP contribution is -2.29. The maximum absolute atomic E-state index is 5.62. The third-order valence-corrected chi connectivity index (χ3v) is 2.83. The second kappa shape index (κ2) is 4.68. The maximum atomic E-state index is 5.62. The van der Waals surface area contributed by atoms with Crippen molar-refractivity contribution in [2.75, 3.05) is 0 Å². The van der Waals surface area contributed by atoms with Gasteiger partial charge in [0.1, 0.15) is 0 Å². The molecule has 0 saturated heterocycles. The van der Waals surface area contributed by atoms with Crippen molar-refractivity contribution in [1.82, 2.24) is 25.0 Å². The van der Waals surface area contributed by atoms with Crippen molar-refractivity contribution < 1.29 is 0 Å². The lowest BCUT2D eigenvalue weighted by Gasteiger charge is -2.13. The lowest BCUT2D eigenvalue weighted by atomic mass is 10.0. The maximum Gasteiger partial charge on any atom is 0.0642 e. The summed E-state index contributed by atoms with van der Waals surface area (Å²) in [7, 11) is 3.82. The molecule has 0 radical (unpaired) electrons. The Morgan fingerprint density at radius 3 is 2.59 bits per heavy atom. The van der Waals surface area contributed by atoms with E-state index in [1.54, 1.807) is 9.36 Å². The van der Waals surface area contributed by atoms with Crippen LogP contribution in [0, 0.1) is 6.92 Å². The fourth-order valence-electron chi connectivity index (χ4n) is 2.03. The van der Waals surface area contributed by atoms with Gasteiger partial charge >= 0.3 is 0 Å². The quantitative estimate of drug-likeness (QED) is 0.586. The highest BCUT2D eigenvalue weighted by Gasteiger charge is 2.16. The molecule has 2 aromatic rings. The first-order valence-corrected chi connectivity index (χ1v) is 5.54. The Morgan fingerprint density at radius 1 is 1.35 bits per heavy atom. The first-order chi connectivity index (χ1) is 8.10. The molecule has 3 N–H and O–H groups in total. The minimum Gasteiger partial charge on any atom is -0.276 e. The normalized spacial score (nSPS) is 12.9. The molecule has 6 nitrogen and oxygen atoms in total. The van der Waals surface area contributed by atoms with E-state index in [0.29, 0.717) is 0 Å². The molecule has 2 aromatic heterocycles. The van der Waals surface area contributed by atoms with E-state index in [0.717, 1.165) is 23.2 Å². The molecule has 0 aliphatic rings. The average molecular weight is 234 g/mol. The molecule has 0 bridgehead atoms. The molecular formula is C11H18N6. The summed E-state index contributed by atoms with van der Waals surface area (Å²) in [5.74, 6) is 5.62. The third-order valence-electron chi connectivity index (χ3n) is 2.83. The Morgan fingerprint density at radius 2 is 2.12 bits per heavy atom. The van der Waals surface area contributed by atoms with Gasteiger partial charge in [0.2, 0.25) is 0 Å². The molecule has 0 amide bonds. The van der Waals surface area contributed by atoms with E-state index in [-0.39, 0.29) is 6.04 Å². The van der Waals surface area contributed by atoms with Gasteiger partial charge in [-0.2, -0.15) is 10.2 Å². The molecule has 0 saturated carbocycles. The van der Waals surface area contributed by atoms with Gasteiger partial charge < -0.3 is 0 Å². The Balaban J connectivity index is 2.19. The Kier molecular flexibility index (Phi) is 3.26. The van der Waals surface area contributed by atoms with Gasteiger partial charge in [0, 0.05) is 32.1 Å². The summed E-state index contributed by atoms with van der Waals surface area (Å²) in [4.78, 5) is 0. The van der Waals surface area contributed by atoms with E-state index in [4.69, 9.17) is 5.84 Å². The van der Waals surface area contributed by atoms with E-state index in [9.17, 15) is 0 Å². The number of nitrogens with zero attached hydrogens (tertiary/aromatic N) is 4. The van der Waals surface area contributed by atoms with E-state index in [2.05, 4.69) is 15.6 Å². The van der Waals surface area contributed by atoms with Gasteiger partial charge in [0.05, 0.1) is 17.9 Å². The summed E-state index contributed by atoms with van der Waals surface area (Å²) < 4.78 is 3.59. The zero-order chi connectivity index (χ0) is 12.4. The SMILES string of the molecule is Cc1nn(C)cc1C(Cc1cnn(C)c1)NN. The van der Waals surface area contributed by atoms with Crippen LogP contribution < -0.4 is 11.3 Å². The van der Waals surface area contributed by atoms with E-state index in [1.165, 1.54) is 0 Å². The minimum absolute atomic E-state index is 0.0629. The van der Waals surface area contributed by atoms with Crippen LogP contribution in [-0.2, 0) is 20.5 Å². The topological polar surface area (TPSA) is 73.7 Å². The van der Waals surface area contributed by atoms with Gasteiger partial charge in [-0.3, -0.25) is 20.6 Å². The van der Waals surface area contributed by atoms with Gasteiger partial charge in [0.15, 0.2) is 0 Å². The Hall–Kier alpha value is -1.66. The van der Waals surface area contributed by atoms with Crippen molar-refractivity contribution in [3.63, 3.8) is 0 Å². The molecule has 0 fully saturated rings. The molecule has 0 aliphatic carbocycles. The van der Waals surface area contributed by atoms with Crippen molar-refractivity contribution in [1.29, 1.82) is 0 Å². The number of aromatic nitrogens is 4. The molecule has 0 aliphatic heterocycles. The summed E-state index contributed by atoms with van der Waals surface area (Å²) in [6.07, 6.45) is 6.65. The number of hydrogen-bond donors (Lipinski definition) is 2. The van der Waals surface area contributed by atoms with Crippen LogP contribution in [0.1, 0.15) is 22.9 Å². The van der Waals surface area contributed by atoms with Crippen LogP contribution in [0.2, 0.25) is 0 Å². The number of hydrogen-bond acceptors (Lipinski definition) is 4. The monoisotopic (exact) mass is 234 g/mol. The van der Waals surface area contributed by atoms with Crippen LogP contribution in [-0.4, -0.2) is 19.6 Å². The highest BCUT2D eigenvalue weighted by Crippen LogP contribution is 2.19. The first-order valence-electron chi connectivity index (χ1n) is 5.54. The number of aryl methyl sites for hydroxylation is 3. The van der Waals surface area contributed by atoms with Crippen molar-refractivity contribution in [3.05, 3.63) is 35.4 Å². The Labute approximate surface area is 100 Å². The summed E-state index contributed by atoms with van der Waals surface area (Å²) in [5, 5.41) is 8.48. The van der Waals surface area contributed by atoms with Crippen LogP contribution in [0.3, 0.4) is 0 Å². The fourth-order valence-corrected chi connectivity index (χ4v) is 2.03. The lowest BCUT2D eigenvalue weighted by molar-refractivity contribution is 0.549. The van der Waals surface area contributed by atoms with Crippen molar-refractivity contribution in [2.45, 2.75) is 19.4 Å². The second-order valence-corrected chi connectivity index (χ2v) is 4.29. The number of nitrogens with two attached hydrogens (primary N) is 1. The summed E-state index contributed by atoms with van der Waals surface area (Å²) in [6.45, 7) is 1.99. The van der Waals surface area contributed by atoms with E-state index >= 15 is 0 Å². The number of hydrazine groups is 1. The predicted octanol–water partition coefficient (Wildman–Crippen LogP) is 0.209. The fraction of sp³-hybridized carbons (Fsp3) is 0.455. The third kappa shape index (κ3) is 2.54. The Bertz CT molecular complexity index is 498. The summed E-state index contributed by atoms with van der Waals surface area (Å²) in [6, 6.07) is 0.0629. The first kappa shape index (κ1) is 11.8. The van der Waals surface area contributed by atoms with Gasteiger partial charge in [-0.25, -0.2) is 0 Å². The number of rotatable bonds is 4. The molecule has 0 spiro atoms. The average Bonchev–Trinajstić information content (AvgIpc) is 2.82.